The van der Waals surface area contributed by atoms with Gasteiger partial charge in [0.25, 0.3) is 5.56 Å². The lowest BCUT2D eigenvalue weighted by atomic mass is 10.1. The number of carbonyl (C=O) groups is 1. The maximum Gasteiger partial charge on any atom is 0.266 e. The first-order valence-corrected chi connectivity index (χ1v) is 9.09. The molecule has 0 fully saturated rings. The zero-order chi connectivity index (χ0) is 18.7. The molecule has 1 N–H and O–H groups in total. The van der Waals surface area contributed by atoms with Crippen LogP contribution < -0.4 is 19.5 Å². The van der Waals surface area contributed by atoms with Gasteiger partial charge in [-0.1, -0.05) is 29.3 Å². The minimum Gasteiger partial charge on any atom is -0.497 e. The summed E-state index contributed by atoms with van der Waals surface area (Å²) < 4.78 is 5.98. The van der Waals surface area contributed by atoms with E-state index in [1.165, 1.54) is 17.4 Å². The highest BCUT2D eigenvalue weighted by Crippen LogP contribution is 2.21. The average molecular weight is 406 g/mol. The van der Waals surface area contributed by atoms with Crippen molar-refractivity contribution >= 4 is 52.5 Å². The second-order valence-corrected chi connectivity index (χ2v) is 7.26. The van der Waals surface area contributed by atoms with E-state index in [1.54, 1.807) is 55.7 Å². The molecule has 7 heteroatoms. The second kappa shape index (κ2) is 7.91. The number of ether oxygens (including phenoxy) is 1. The van der Waals surface area contributed by atoms with Gasteiger partial charge in [-0.3, -0.25) is 9.59 Å². The van der Waals surface area contributed by atoms with E-state index in [1.807, 2.05) is 0 Å². The molecule has 1 aromatic heterocycles. The quantitative estimate of drug-likeness (QED) is 0.677. The molecule has 0 spiro atoms. The molecule has 0 aliphatic carbocycles. The molecule has 0 aliphatic heterocycles. The van der Waals surface area contributed by atoms with Gasteiger partial charge in [-0.2, -0.15) is 0 Å². The Morgan fingerprint density at radius 1 is 1.15 bits per heavy atom. The van der Waals surface area contributed by atoms with Crippen LogP contribution in [0, 0.1) is 0 Å². The molecule has 0 radical (unpaired) electrons. The number of methoxy groups -OCH3 is 1. The molecule has 0 saturated heterocycles. The smallest absolute Gasteiger partial charge is 0.266 e. The van der Waals surface area contributed by atoms with Crippen molar-refractivity contribution in [3.05, 3.63) is 83.2 Å². The summed E-state index contributed by atoms with van der Waals surface area (Å²) >= 11 is 13.2. The summed E-state index contributed by atoms with van der Waals surface area (Å²) in [6, 6.07) is 11.8. The lowest BCUT2D eigenvalue weighted by Crippen LogP contribution is -2.20. The Morgan fingerprint density at radius 2 is 1.88 bits per heavy atom. The zero-order valence-electron chi connectivity index (χ0n) is 13.6. The number of halogens is 2. The van der Waals surface area contributed by atoms with Crippen molar-refractivity contribution in [2.24, 2.45) is 0 Å². The Balaban J connectivity index is 1.96. The summed E-state index contributed by atoms with van der Waals surface area (Å²) in [5.41, 5.74) is 0.901. The molecule has 0 bridgehead atoms. The van der Waals surface area contributed by atoms with Gasteiger partial charge in [0.05, 0.1) is 16.3 Å². The molecule has 0 unspecified atom stereocenters. The predicted octanol–water partition coefficient (Wildman–Crippen LogP) is 3.24. The lowest BCUT2D eigenvalue weighted by Gasteiger charge is -1.99. The minimum absolute atomic E-state index is 0.207. The van der Waals surface area contributed by atoms with Crippen LogP contribution in [0.5, 0.6) is 5.75 Å². The third kappa shape index (κ3) is 4.25. The number of hydrogen-bond acceptors (Lipinski definition) is 4. The van der Waals surface area contributed by atoms with Gasteiger partial charge in [0.2, 0.25) is 0 Å². The van der Waals surface area contributed by atoms with E-state index in [0.29, 0.717) is 36.1 Å². The standard InChI is InChI=1S/C19H13Cl2NO3S/c1-25-14-6-3-11(4-7-14)16(23)10-18-22-19(24)17(26-18)8-12-2-5-13(20)9-15(12)21/h2-10H,1H3,(H,22,24)/b17-8+,18-10+. The maximum absolute atomic E-state index is 12.3. The fourth-order valence-corrected chi connectivity index (χ4v) is 3.58. The third-order valence-corrected chi connectivity index (χ3v) is 5.09. The van der Waals surface area contributed by atoms with Gasteiger partial charge in [-0.05, 0) is 48.0 Å². The summed E-state index contributed by atoms with van der Waals surface area (Å²) in [5.74, 6) is 0.462. The first kappa shape index (κ1) is 18.5. The molecule has 0 saturated carbocycles. The van der Waals surface area contributed by atoms with E-state index in [9.17, 15) is 9.59 Å². The molecule has 26 heavy (non-hydrogen) atoms. The van der Waals surface area contributed by atoms with Crippen molar-refractivity contribution < 1.29 is 9.53 Å². The predicted molar refractivity (Wildman–Crippen MR) is 106 cm³/mol. The number of hydrogen-bond donors (Lipinski definition) is 1. The first-order chi connectivity index (χ1) is 12.5. The minimum atomic E-state index is -0.283. The SMILES string of the molecule is COc1ccc(C(=O)/C=c2\[nH]c(=O)/c(=C\c3ccc(Cl)cc3Cl)s2)cc1. The highest BCUT2D eigenvalue weighted by molar-refractivity contribution is 7.07. The summed E-state index contributed by atoms with van der Waals surface area (Å²) in [4.78, 5) is 27.1. The van der Waals surface area contributed by atoms with Crippen LogP contribution in [0.15, 0.2) is 47.3 Å². The molecule has 0 aliphatic rings. The number of nitrogens with one attached hydrogen (secondary N) is 1. The van der Waals surface area contributed by atoms with Crippen LogP contribution in [0.4, 0.5) is 0 Å². The number of carbonyl (C=O) groups excluding carboxylic acids is 1. The van der Waals surface area contributed by atoms with E-state index >= 15 is 0 Å². The molecule has 3 aromatic rings. The fraction of sp³-hybridized carbons (Fsp3) is 0.0526. The monoisotopic (exact) mass is 405 g/mol. The zero-order valence-corrected chi connectivity index (χ0v) is 15.9. The molecule has 1 heterocycles. The Kier molecular flexibility index (Phi) is 5.61. The topological polar surface area (TPSA) is 59.2 Å². The molecular weight excluding hydrogens is 393 g/mol. The molecule has 0 amide bonds. The number of benzene rings is 2. The number of H-pyrrole nitrogens is 1. The van der Waals surface area contributed by atoms with Gasteiger partial charge in [-0.15, -0.1) is 11.3 Å². The van der Waals surface area contributed by atoms with Crippen molar-refractivity contribution in [3.63, 3.8) is 0 Å². The summed E-state index contributed by atoms with van der Waals surface area (Å²) in [7, 11) is 1.56. The van der Waals surface area contributed by atoms with Crippen molar-refractivity contribution in [1.82, 2.24) is 4.98 Å². The molecule has 2 aromatic carbocycles. The van der Waals surface area contributed by atoms with Crippen molar-refractivity contribution in [2.45, 2.75) is 0 Å². The van der Waals surface area contributed by atoms with Gasteiger partial charge in [0.15, 0.2) is 5.78 Å². The number of Topliss-reactive ketones (excluding diaryl/α,β-unsaturated/α-hetero) is 1. The maximum atomic E-state index is 12.3. The van der Waals surface area contributed by atoms with Crippen LogP contribution in [0.25, 0.3) is 12.2 Å². The van der Waals surface area contributed by atoms with Gasteiger partial charge in [0, 0.05) is 21.7 Å². The summed E-state index contributed by atoms with van der Waals surface area (Å²) in [5, 5.41) is 0.969. The summed E-state index contributed by atoms with van der Waals surface area (Å²) in [6.07, 6.45) is 3.06. The number of ketones is 1. The number of thiazole rings is 1. The van der Waals surface area contributed by atoms with E-state index in [-0.39, 0.29) is 11.3 Å². The molecule has 4 nitrogen and oxygen atoms in total. The Bertz CT molecular complexity index is 1130. The van der Waals surface area contributed by atoms with Gasteiger partial charge >= 0.3 is 0 Å². The van der Waals surface area contributed by atoms with Crippen LogP contribution in [-0.2, 0) is 0 Å². The van der Waals surface area contributed by atoms with E-state index in [4.69, 9.17) is 27.9 Å². The van der Waals surface area contributed by atoms with E-state index in [2.05, 4.69) is 4.98 Å². The number of aromatic nitrogens is 1. The van der Waals surface area contributed by atoms with E-state index < -0.39 is 0 Å². The molecule has 3 rings (SSSR count). The average Bonchev–Trinajstić information content (AvgIpc) is 2.96. The second-order valence-electron chi connectivity index (χ2n) is 5.33. The first-order valence-electron chi connectivity index (χ1n) is 7.52. The van der Waals surface area contributed by atoms with Gasteiger partial charge in [0.1, 0.15) is 5.75 Å². The highest BCUT2D eigenvalue weighted by Gasteiger charge is 2.04. The van der Waals surface area contributed by atoms with Crippen LogP contribution in [0.1, 0.15) is 15.9 Å². The van der Waals surface area contributed by atoms with Crippen molar-refractivity contribution in [2.75, 3.05) is 7.11 Å². The van der Waals surface area contributed by atoms with Crippen LogP contribution in [-0.4, -0.2) is 17.9 Å². The molecule has 132 valence electrons. The normalized spacial score (nSPS) is 12.4. The number of aromatic amines is 1. The van der Waals surface area contributed by atoms with Crippen molar-refractivity contribution in [1.29, 1.82) is 0 Å². The Morgan fingerprint density at radius 3 is 2.54 bits per heavy atom. The van der Waals surface area contributed by atoms with Gasteiger partial charge in [-0.25, -0.2) is 0 Å². The number of rotatable bonds is 4. The van der Waals surface area contributed by atoms with Gasteiger partial charge < -0.3 is 9.72 Å². The van der Waals surface area contributed by atoms with Crippen LogP contribution >= 0.6 is 34.5 Å². The largest absolute Gasteiger partial charge is 0.497 e. The van der Waals surface area contributed by atoms with E-state index in [0.717, 1.165) is 0 Å². The highest BCUT2D eigenvalue weighted by atomic mass is 35.5. The molecular formula is C19H13Cl2NO3S. The van der Waals surface area contributed by atoms with Crippen LogP contribution in [0.2, 0.25) is 10.0 Å². The lowest BCUT2D eigenvalue weighted by molar-refractivity contribution is 0.106. The fourth-order valence-electron chi connectivity index (χ4n) is 2.24. The third-order valence-electron chi connectivity index (χ3n) is 3.57. The Labute approximate surface area is 163 Å². The van der Waals surface area contributed by atoms with Crippen molar-refractivity contribution in [3.8, 4) is 5.75 Å². The van der Waals surface area contributed by atoms with Crippen LogP contribution in [0.3, 0.4) is 0 Å². The molecule has 0 atom stereocenters. The Hall–Kier alpha value is -2.34. The summed E-state index contributed by atoms with van der Waals surface area (Å²) in [6.45, 7) is 0.